The SMILES string of the molecule is CNCCNC(=O)Cc1cc(CC(=O)NCCN)cc(CC(=O)NCCN)c1. The first-order chi connectivity index (χ1) is 13.5. The molecule has 0 radical (unpaired) electrons. The normalized spacial score (nSPS) is 10.4. The predicted octanol–water partition coefficient (Wildman–Crippen LogP) is -2.20. The average Bonchev–Trinajstić information content (AvgIpc) is 2.64. The van der Waals surface area contributed by atoms with E-state index in [4.69, 9.17) is 11.5 Å². The Morgan fingerprint density at radius 3 is 1.36 bits per heavy atom. The number of nitrogens with one attached hydrogen (secondary N) is 4. The van der Waals surface area contributed by atoms with Crippen molar-refractivity contribution in [2.24, 2.45) is 11.5 Å². The molecular weight excluding hydrogens is 360 g/mol. The number of rotatable bonds is 13. The molecule has 8 N–H and O–H groups in total. The Labute approximate surface area is 166 Å². The van der Waals surface area contributed by atoms with Crippen molar-refractivity contribution in [1.29, 1.82) is 0 Å². The molecule has 0 aromatic heterocycles. The molecule has 0 saturated carbocycles. The molecule has 9 nitrogen and oxygen atoms in total. The van der Waals surface area contributed by atoms with E-state index in [0.717, 1.165) is 16.7 Å². The highest BCUT2D eigenvalue weighted by Crippen LogP contribution is 2.13. The van der Waals surface area contributed by atoms with Gasteiger partial charge in [0.2, 0.25) is 17.7 Å². The standard InChI is InChI=1S/C19H32N6O3/c1-22-6-7-25-19(28)13-16-9-14(11-17(26)23-4-2-20)8-15(10-16)12-18(27)24-5-3-21/h8-10,22H,2-7,11-13,20-21H2,1H3,(H,23,26)(H,24,27)(H,25,28). The van der Waals surface area contributed by atoms with Crippen LogP contribution in [0.2, 0.25) is 0 Å². The van der Waals surface area contributed by atoms with E-state index in [0.29, 0.717) is 39.3 Å². The summed E-state index contributed by atoms with van der Waals surface area (Å²) in [6.45, 7) is 2.75. The molecule has 1 aromatic rings. The maximum absolute atomic E-state index is 12.1. The van der Waals surface area contributed by atoms with E-state index in [9.17, 15) is 14.4 Å². The van der Waals surface area contributed by atoms with Crippen molar-refractivity contribution in [2.75, 3.05) is 46.3 Å². The third kappa shape index (κ3) is 10.0. The van der Waals surface area contributed by atoms with Gasteiger partial charge in [0, 0.05) is 39.3 Å². The summed E-state index contributed by atoms with van der Waals surface area (Å²) in [6.07, 6.45) is 0.499. The van der Waals surface area contributed by atoms with Crippen LogP contribution in [0.1, 0.15) is 16.7 Å². The monoisotopic (exact) mass is 392 g/mol. The summed E-state index contributed by atoms with van der Waals surface area (Å²) in [5, 5.41) is 11.2. The van der Waals surface area contributed by atoms with Gasteiger partial charge in [0.25, 0.3) is 0 Å². The third-order valence-corrected chi connectivity index (χ3v) is 3.84. The first-order valence-corrected chi connectivity index (χ1v) is 9.45. The largest absolute Gasteiger partial charge is 0.355 e. The molecule has 1 aromatic carbocycles. The maximum atomic E-state index is 12.1. The Hall–Kier alpha value is -2.49. The van der Waals surface area contributed by atoms with Gasteiger partial charge in [0.15, 0.2) is 0 Å². The number of benzene rings is 1. The van der Waals surface area contributed by atoms with Crippen LogP contribution >= 0.6 is 0 Å². The Bertz CT molecular complexity index is 610. The van der Waals surface area contributed by atoms with Crippen molar-refractivity contribution in [3.05, 3.63) is 34.9 Å². The lowest BCUT2D eigenvalue weighted by Gasteiger charge is -2.11. The molecule has 0 aliphatic heterocycles. The van der Waals surface area contributed by atoms with Crippen LogP contribution in [0.5, 0.6) is 0 Å². The second-order valence-corrected chi connectivity index (χ2v) is 6.42. The van der Waals surface area contributed by atoms with Crippen LogP contribution in [0, 0.1) is 0 Å². The topological polar surface area (TPSA) is 151 Å². The molecule has 1 rings (SSSR count). The summed E-state index contributed by atoms with van der Waals surface area (Å²) in [6, 6.07) is 5.45. The Kier molecular flexibility index (Phi) is 11.5. The molecular formula is C19H32N6O3. The lowest BCUT2D eigenvalue weighted by Crippen LogP contribution is -2.32. The van der Waals surface area contributed by atoms with Crippen LogP contribution in [0.3, 0.4) is 0 Å². The summed E-state index contributed by atoms with van der Waals surface area (Å²) in [5.41, 5.74) is 13.1. The lowest BCUT2D eigenvalue weighted by atomic mass is 9.99. The van der Waals surface area contributed by atoms with E-state index in [1.807, 2.05) is 25.2 Å². The van der Waals surface area contributed by atoms with Gasteiger partial charge in [-0.2, -0.15) is 0 Å². The summed E-state index contributed by atoms with van der Waals surface area (Å²) < 4.78 is 0. The fourth-order valence-electron chi connectivity index (χ4n) is 2.64. The Morgan fingerprint density at radius 1 is 0.679 bits per heavy atom. The molecule has 156 valence electrons. The minimum Gasteiger partial charge on any atom is -0.355 e. The molecule has 0 spiro atoms. The van der Waals surface area contributed by atoms with Gasteiger partial charge < -0.3 is 32.7 Å². The number of amides is 3. The lowest BCUT2D eigenvalue weighted by molar-refractivity contribution is -0.121. The average molecular weight is 393 g/mol. The van der Waals surface area contributed by atoms with Crippen molar-refractivity contribution in [3.8, 4) is 0 Å². The van der Waals surface area contributed by atoms with E-state index in [-0.39, 0.29) is 37.0 Å². The van der Waals surface area contributed by atoms with Gasteiger partial charge in [-0.1, -0.05) is 18.2 Å². The molecule has 0 atom stereocenters. The predicted molar refractivity (Wildman–Crippen MR) is 109 cm³/mol. The van der Waals surface area contributed by atoms with Crippen LogP contribution in [-0.4, -0.2) is 64.0 Å². The Morgan fingerprint density at radius 2 is 1.04 bits per heavy atom. The number of hydrogen-bond acceptors (Lipinski definition) is 6. The van der Waals surface area contributed by atoms with E-state index in [1.54, 1.807) is 0 Å². The van der Waals surface area contributed by atoms with Crippen LogP contribution in [0.4, 0.5) is 0 Å². The highest BCUT2D eigenvalue weighted by Gasteiger charge is 2.11. The number of carbonyl (C=O) groups excluding carboxylic acids is 3. The van der Waals surface area contributed by atoms with E-state index >= 15 is 0 Å². The molecule has 0 bridgehead atoms. The minimum atomic E-state index is -0.153. The zero-order chi connectivity index (χ0) is 20.8. The van der Waals surface area contributed by atoms with Crippen molar-refractivity contribution >= 4 is 17.7 Å². The summed E-state index contributed by atoms with van der Waals surface area (Å²) >= 11 is 0. The quantitative estimate of drug-likeness (QED) is 0.210. The first-order valence-electron chi connectivity index (χ1n) is 9.45. The fourth-order valence-corrected chi connectivity index (χ4v) is 2.64. The third-order valence-electron chi connectivity index (χ3n) is 3.84. The van der Waals surface area contributed by atoms with Crippen molar-refractivity contribution < 1.29 is 14.4 Å². The molecule has 0 aliphatic rings. The van der Waals surface area contributed by atoms with Gasteiger partial charge >= 0.3 is 0 Å². The summed E-state index contributed by atoms with van der Waals surface area (Å²) in [5.74, 6) is -0.419. The number of nitrogens with two attached hydrogens (primary N) is 2. The molecule has 3 amide bonds. The van der Waals surface area contributed by atoms with Crippen LogP contribution < -0.4 is 32.7 Å². The van der Waals surface area contributed by atoms with Gasteiger partial charge in [0.05, 0.1) is 19.3 Å². The maximum Gasteiger partial charge on any atom is 0.224 e. The second-order valence-electron chi connectivity index (χ2n) is 6.42. The van der Waals surface area contributed by atoms with Gasteiger partial charge in [0.1, 0.15) is 0 Å². The van der Waals surface area contributed by atoms with Gasteiger partial charge in [-0.05, 0) is 23.7 Å². The first kappa shape index (κ1) is 23.5. The molecule has 0 heterocycles. The molecule has 0 aliphatic carbocycles. The van der Waals surface area contributed by atoms with Crippen LogP contribution in [-0.2, 0) is 33.6 Å². The number of carbonyl (C=O) groups is 3. The molecule has 0 unspecified atom stereocenters. The number of likely N-dealkylation sites (N-methyl/N-ethyl adjacent to an activating group) is 1. The van der Waals surface area contributed by atoms with E-state index in [2.05, 4.69) is 21.3 Å². The van der Waals surface area contributed by atoms with Gasteiger partial charge in [-0.3, -0.25) is 14.4 Å². The van der Waals surface area contributed by atoms with Crippen molar-refractivity contribution in [3.63, 3.8) is 0 Å². The van der Waals surface area contributed by atoms with Gasteiger partial charge in [-0.15, -0.1) is 0 Å². The Balaban J connectivity index is 2.88. The smallest absolute Gasteiger partial charge is 0.224 e. The highest BCUT2D eigenvalue weighted by atomic mass is 16.2. The van der Waals surface area contributed by atoms with Crippen molar-refractivity contribution in [2.45, 2.75) is 19.3 Å². The summed E-state index contributed by atoms with van der Waals surface area (Å²) in [7, 11) is 1.81. The van der Waals surface area contributed by atoms with Crippen molar-refractivity contribution in [1.82, 2.24) is 21.3 Å². The minimum absolute atomic E-state index is 0.112. The van der Waals surface area contributed by atoms with Crippen LogP contribution in [0.15, 0.2) is 18.2 Å². The van der Waals surface area contributed by atoms with E-state index in [1.165, 1.54) is 0 Å². The molecule has 9 heteroatoms. The van der Waals surface area contributed by atoms with E-state index < -0.39 is 0 Å². The second kappa shape index (κ2) is 13.6. The molecule has 0 fully saturated rings. The van der Waals surface area contributed by atoms with Crippen LogP contribution in [0.25, 0.3) is 0 Å². The summed E-state index contributed by atoms with van der Waals surface area (Å²) in [4.78, 5) is 36.1. The van der Waals surface area contributed by atoms with Gasteiger partial charge in [-0.25, -0.2) is 0 Å². The number of hydrogen-bond donors (Lipinski definition) is 6. The highest BCUT2D eigenvalue weighted by molar-refractivity contribution is 5.81. The molecule has 28 heavy (non-hydrogen) atoms. The zero-order valence-corrected chi connectivity index (χ0v) is 16.5. The molecule has 0 saturated heterocycles. The fraction of sp³-hybridized carbons (Fsp3) is 0.526. The zero-order valence-electron chi connectivity index (χ0n) is 16.5.